The van der Waals surface area contributed by atoms with E-state index < -0.39 is 0 Å². The molecule has 4 nitrogen and oxygen atoms in total. The minimum atomic E-state index is -0.166. The number of rotatable bonds is 2. The summed E-state index contributed by atoms with van der Waals surface area (Å²) < 4.78 is 0. The SMILES string of the molecule is CC(C)c1cnc(C(=O)N(C)C)nc1. The maximum Gasteiger partial charge on any atom is 0.291 e. The van der Waals surface area contributed by atoms with Crippen LogP contribution in [0.15, 0.2) is 12.4 Å². The van der Waals surface area contributed by atoms with Gasteiger partial charge in [0.25, 0.3) is 5.91 Å². The molecule has 0 fully saturated rings. The van der Waals surface area contributed by atoms with Crippen molar-refractivity contribution in [1.82, 2.24) is 14.9 Å². The third-order valence-corrected chi connectivity index (χ3v) is 1.94. The average Bonchev–Trinajstić information content (AvgIpc) is 2.16. The van der Waals surface area contributed by atoms with Crippen molar-refractivity contribution in [3.05, 3.63) is 23.8 Å². The Morgan fingerprint density at radius 2 is 1.79 bits per heavy atom. The van der Waals surface area contributed by atoms with E-state index in [-0.39, 0.29) is 11.7 Å². The summed E-state index contributed by atoms with van der Waals surface area (Å²) in [5.74, 6) is 0.471. The summed E-state index contributed by atoms with van der Waals surface area (Å²) in [5, 5.41) is 0. The van der Waals surface area contributed by atoms with E-state index >= 15 is 0 Å². The highest BCUT2D eigenvalue weighted by atomic mass is 16.2. The number of nitrogens with zero attached hydrogens (tertiary/aromatic N) is 3. The van der Waals surface area contributed by atoms with E-state index in [0.717, 1.165) is 5.56 Å². The first-order valence-electron chi connectivity index (χ1n) is 4.56. The van der Waals surface area contributed by atoms with Gasteiger partial charge in [-0.3, -0.25) is 4.79 Å². The monoisotopic (exact) mass is 193 g/mol. The Hall–Kier alpha value is -1.45. The predicted molar refractivity (Wildman–Crippen MR) is 54.1 cm³/mol. The zero-order chi connectivity index (χ0) is 10.7. The van der Waals surface area contributed by atoms with Gasteiger partial charge in [0, 0.05) is 26.5 Å². The smallest absolute Gasteiger partial charge is 0.291 e. The molecule has 0 aliphatic carbocycles. The Bertz CT molecular complexity index is 317. The van der Waals surface area contributed by atoms with Crippen LogP contribution in [0.4, 0.5) is 0 Å². The molecular formula is C10H15N3O. The van der Waals surface area contributed by atoms with Crippen LogP contribution in [0.1, 0.15) is 35.9 Å². The number of amides is 1. The van der Waals surface area contributed by atoms with Gasteiger partial charge >= 0.3 is 0 Å². The summed E-state index contributed by atoms with van der Waals surface area (Å²) in [6, 6.07) is 0. The third kappa shape index (κ3) is 2.28. The van der Waals surface area contributed by atoms with Crippen LogP contribution in [-0.4, -0.2) is 34.9 Å². The highest BCUT2D eigenvalue weighted by molar-refractivity contribution is 5.89. The lowest BCUT2D eigenvalue weighted by Crippen LogP contribution is -2.24. The largest absolute Gasteiger partial charge is 0.342 e. The van der Waals surface area contributed by atoms with E-state index in [1.807, 2.05) is 0 Å². The molecule has 1 amide bonds. The second kappa shape index (κ2) is 4.17. The van der Waals surface area contributed by atoms with Crippen molar-refractivity contribution < 1.29 is 4.79 Å². The molecule has 1 aromatic rings. The van der Waals surface area contributed by atoms with E-state index in [0.29, 0.717) is 5.92 Å². The van der Waals surface area contributed by atoms with Crippen molar-refractivity contribution in [2.75, 3.05) is 14.1 Å². The number of hydrogen-bond donors (Lipinski definition) is 0. The summed E-state index contributed by atoms with van der Waals surface area (Å²) in [6.07, 6.45) is 3.41. The van der Waals surface area contributed by atoms with Crippen LogP contribution in [-0.2, 0) is 0 Å². The quantitative estimate of drug-likeness (QED) is 0.711. The molecule has 4 heteroatoms. The molecule has 1 rings (SSSR count). The molecule has 0 N–H and O–H groups in total. The number of hydrogen-bond acceptors (Lipinski definition) is 3. The summed E-state index contributed by atoms with van der Waals surface area (Å²) in [7, 11) is 3.37. The van der Waals surface area contributed by atoms with E-state index in [9.17, 15) is 4.79 Å². The average molecular weight is 193 g/mol. The molecule has 0 aromatic carbocycles. The summed E-state index contributed by atoms with van der Waals surface area (Å²) in [5.41, 5.74) is 1.04. The van der Waals surface area contributed by atoms with E-state index in [4.69, 9.17) is 0 Å². The van der Waals surface area contributed by atoms with Gasteiger partial charge in [-0.2, -0.15) is 0 Å². The minimum absolute atomic E-state index is 0.166. The van der Waals surface area contributed by atoms with Gasteiger partial charge in [0.2, 0.25) is 5.82 Å². The molecule has 0 aliphatic rings. The van der Waals surface area contributed by atoms with Gasteiger partial charge in [0.1, 0.15) is 0 Å². The van der Waals surface area contributed by atoms with Gasteiger partial charge < -0.3 is 4.90 Å². The van der Waals surface area contributed by atoms with Crippen LogP contribution >= 0.6 is 0 Å². The molecule has 0 saturated heterocycles. The van der Waals surface area contributed by atoms with Crippen molar-refractivity contribution in [2.24, 2.45) is 0 Å². The first-order valence-corrected chi connectivity index (χ1v) is 4.56. The number of aromatic nitrogens is 2. The molecule has 0 radical (unpaired) electrons. The molecule has 14 heavy (non-hydrogen) atoms. The Labute approximate surface area is 84.0 Å². The van der Waals surface area contributed by atoms with Crippen LogP contribution < -0.4 is 0 Å². The van der Waals surface area contributed by atoms with Gasteiger partial charge in [-0.05, 0) is 11.5 Å². The Kier molecular flexibility index (Phi) is 3.17. The van der Waals surface area contributed by atoms with Crippen LogP contribution in [0.5, 0.6) is 0 Å². The first-order chi connectivity index (χ1) is 6.52. The maximum absolute atomic E-state index is 11.4. The zero-order valence-electron chi connectivity index (χ0n) is 8.98. The van der Waals surface area contributed by atoms with Crippen molar-refractivity contribution in [3.8, 4) is 0 Å². The van der Waals surface area contributed by atoms with Crippen LogP contribution in [0.3, 0.4) is 0 Å². The van der Waals surface area contributed by atoms with E-state index in [1.54, 1.807) is 26.5 Å². The zero-order valence-corrected chi connectivity index (χ0v) is 8.98. The Morgan fingerprint density at radius 1 is 1.29 bits per heavy atom. The highest BCUT2D eigenvalue weighted by Gasteiger charge is 2.11. The fourth-order valence-electron chi connectivity index (χ4n) is 0.947. The minimum Gasteiger partial charge on any atom is -0.342 e. The molecule has 0 bridgehead atoms. The normalized spacial score (nSPS) is 10.4. The van der Waals surface area contributed by atoms with Crippen molar-refractivity contribution in [1.29, 1.82) is 0 Å². The molecule has 76 valence electrons. The molecule has 0 aliphatic heterocycles. The maximum atomic E-state index is 11.4. The fourth-order valence-corrected chi connectivity index (χ4v) is 0.947. The highest BCUT2D eigenvalue weighted by Crippen LogP contribution is 2.10. The van der Waals surface area contributed by atoms with Crippen LogP contribution in [0, 0.1) is 0 Å². The first kappa shape index (κ1) is 10.6. The Morgan fingerprint density at radius 3 is 2.14 bits per heavy atom. The standard InChI is InChI=1S/C10H15N3O/c1-7(2)8-5-11-9(12-6-8)10(14)13(3)4/h5-7H,1-4H3. The molecule has 1 aromatic heterocycles. The predicted octanol–water partition coefficient (Wildman–Crippen LogP) is 1.30. The van der Waals surface area contributed by atoms with Gasteiger partial charge in [-0.25, -0.2) is 9.97 Å². The molecule has 0 saturated carbocycles. The molecule has 0 spiro atoms. The second-order valence-electron chi connectivity index (χ2n) is 3.69. The molecule has 0 unspecified atom stereocenters. The van der Waals surface area contributed by atoms with Crippen molar-refractivity contribution >= 4 is 5.91 Å². The Balaban J connectivity index is 2.89. The van der Waals surface area contributed by atoms with Gasteiger partial charge in [0.05, 0.1) is 0 Å². The van der Waals surface area contributed by atoms with Gasteiger partial charge in [-0.15, -0.1) is 0 Å². The van der Waals surface area contributed by atoms with Crippen LogP contribution in [0.2, 0.25) is 0 Å². The van der Waals surface area contributed by atoms with Crippen LogP contribution in [0.25, 0.3) is 0 Å². The lowest BCUT2D eigenvalue weighted by molar-refractivity contribution is 0.0815. The van der Waals surface area contributed by atoms with E-state index in [2.05, 4.69) is 23.8 Å². The third-order valence-electron chi connectivity index (χ3n) is 1.94. The van der Waals surface area contributed by atoms with Gasteiger partial charge in [-0.1, -0.05) is 13.8 Å². The number of carbonyl (C=O) groups excluding carboxylic acids is 1. The lowest BCUT2D eigenvalue weighted by Gasteiger charge is -2.09. The fraction of sp³-hybridized carbons (Fsp3) is 0.500. The summed E-state index contributed by atoms with van der Waals surface area (Å²) in [6.45, 7) is 4.12. The summed E-state index contributed by atoms with van der Waals surface area (Å²) in [4.78, 5) is 20.9. The van der Waals surface area contributed by atoms with Crippen molar-refractivity contribution in [3.63, 3.8) is 0 Å². The lowest BCUT2D eigenvalue weighted by atomic mass is 10.1. The van der Waals surface area contributed by atoms with E-state index in [1.165, 1.54) is 4.90 Å². The van der Waals surface area contributed by atoms with Crippen molar-refractivity contribution in [2.45, 2.75) is 19.8 Å². The molecular weight excluding hydrogens is 178 g/mol. The van der Waals surface area contributed by atoms with Gasteiger partial charge in [0.15, 0.2) is 0 Å². The molecule has 0 atom stereocenters. The number of carbonyl (C=O) groups is 1. The topological polar surface area (TPSA) is 46.1 Å². The summed E-state index contributed by atoms with van der Waals surface area (Å²) >= 11 is 0. The second-order valence-corrected chi connectivity index (χ2v) is 3.69. The molecule has 1 heterocycles.